The molecule has 1 atom stereocenters. The van der Waals surface area contributed by atoms with E-state index < -0.39 is 0 Å². The molecule has 0 aliphatic carbocycles. The minimum Gasteiger partial charge on any atom is -0.398 e. The first-order chi connectivity index (χ1) is 8.09. The Hall–Kier alpha value is -1.51. The lowest BCUT2D eigenvalue weighted by Crippen LogP contribution is -2.39. The molecule has 0 saturated carbocycles. The number of anilines is 1. The third-order valence-corrected chi connectivity index (χ3v) is 3.46. The summed E-state index contributed by atoms with van der Waals surface area (Å²) in [7, 11) is 0. The maximum atomic E-state index is 12.4. The maximum Gasteiger partial charge on any atom is 0.256 e. The van der Waals surface area contributed by atoms with Crippen LogP contribution >= 0.6 is 0 Å². The van der Waals surface area contributed by atoms with Crippen molar-refractivity contribution in [2.75, 3.05) is 18.8 Å². The Morgan fingerprint density at radius 3 is 2.88 bits per heavy atom. The molecule has 2 N–H and O–H groups in total. The van der Waals surface area contributed by atoms with Gasteiger partial charge < -0.3 is 10.6 Å². The summed E-state index contributed by atoms with van der Waals surface area (Å²) in [6.07, 6.45) is 2.31. The van der Waals surface area contributed by atoms with Crippen LogP contribution in [0.1, 0.15) is 35.7 Å². The van der Waals surface area contributed by atoms with E-state index in [0.29, 0.717) is 17.2 Å². The molecule has 1 heterocycles. The van der Waals surface area contributed by atoms with E-state index in [4.69, 9.17) is 5.73 Å². The minimum absolute atomic E-state index is 0.0900. The molecule has 1 unspecified atom stereocenters. The number of aryl methyl sites for hydroxylation is 1. The van der Waals surface area contributed by atoms with Gasteiger partial charge in [0.25, 0.3) is 5.91 Å². The summed E-state index contributed by atoms with van der Waals surface area (Å²) in [5.74, 6) is 0.685. The van der Waals surface area contributed by atoms with Gasteiger partial charge in [-0.15, -0.1) is 0 Å². The average Bonchev–Trinajstić information content (AvgIpc) is 2.28. The zero-order valence-corrected chi connectivity index (χ0v) is 10.6. The number of nitrogen functional groups attached to an aromatic ring is 1. The van der Waals surface area contributed by atoms with Crippen molar-refractivity contribution in [3.63, 3.8) is 0 Å². The van der Waals surface area contributed by atoms with Crippen LogP contribution in [0.3, 0.4) is 0 Å². The predicted molar refractivity (Wildman–Crippen MR) is 69.9 cm³/mol. The van der Waals surface area contributed by atoms with Gasteiger partial charge in [-0.2, -0.15) is 0 Å². The van der Waals surface area contributed by atoms with E-state index in [1.807, 2.05) is 24.0 Å². The van der Waals surface area contributed by atoms with E-state index in [1.165, 1.54) is 6.42 Å². The fourth-order valence-electron chi connectivity index (χ4n) is 2.51. The summed E-state index contributed by atoms with van der Waals surface area (Å²) >= 11 is 0. The van der Waals surface area contributed by atoms with Crippen molar-refractivity contribution in [1.82, 2.24) is 4.90 Å². The van der Waals surface area contributed by atoms with Gasteiger partial charge in [0, 0.05) is 18.8 Å². The average molecular weight is 232 g/mol. The van der Waals surface area contributed by atoms with E-state index in [1.54, 1.807) is 6.07 Å². The number of hydrogen-bond donors (Lipinski definition) is 1. The van der Waals surface area contributed by atoms with Crippen LogP contribution in [0, 0.1) is 12.8 Å². The summed E-state index contributed by atoms with van der Waals surface area (Å²) in [6.45, 7) is 5.85. The third kappa shape index (κ3) is 2.43. The summed E-state index contributed by atoms with van der Waals surface area (Å²) < 4.78 is 0. The number of likely N-dealkylation sites (tertiary alicyclic amines) is 1. The van der Waals surface area contributed by atoms with Crippen molar-refractivity contribution in [2.24, 2.45) is 5.92 Å². The number of hydrogen-bond acceptors (Lipinski definition) is 2. The molecular formula is C14H20N2O. The van der Waals surface area contributed by atoms with Crippen molar-refractivity contribution in [1.29, 1.82) is 0 Å². The molecule has 0 bridgehead atoms. The van der Waals surface area contributed by atoms with Crippen molar-refractivity contribution in [2.45, 2.75) is 26.7 Å². The van der Waals surface area contributed by atoms with E-state index in [2.05, 4.69) is 6.92 Å². The molecule has 3 nitrogen and oxygen atoms in total. The van der Waals surface area contributed by atoms with Gasteiger partial charge in [0.05, 0.1) is 5.56 Å². The van der Waals surface area contributed by atoms with Gasteiger partial charge in [-0.3, -0.25) is 4.79 Å². The molecule has 1 saturated heterocycles. The van der Waals surface area contributed by atoms with Crippen LogP contribution in [0.5, 0.6) is 0 Å². The highest BCUT2D eigenvalue weighted by Gasteiger charge is 2.24. The molecule has 1 aromatic rings. The Morgan fingerprint density at radius 1 is 1.47 bits per heavy atom. The Balaban J connectivity index is 2.24. The topological polar surface area (TPSA) is 46.3 Å². The normalized spacial score (nSPS) is 20.4. The van der Waals surface area contributed by atoms with Crippen LogP contribution in [0.4, 0.5) is 5.69 Å². The molecule has 1 amide bonds. The molecule has 0 spiro atoms. The summed E-state index contributed by atoms with van der Waals surface area (Å²) in [6, 6.07) is 5.63. The lowest BCUT2D eigenvalue weighted by molar-refractivity contribution is 0.0683. The van der Waals surface area contributed by atoms with Crippen LogP contribution in [0.25, 0.3) is 0 Å². The fraction of sp³-hybridized carbons (Fsp3) is 0.500. The van der Waals surface area contributed by atoms with Crippen molar-refractivity contribution in [3.8, 4) is 0 Å². The Labute approximate surface area is 103 Å². The highest BCUT2D eigenvalue weighted by atomic mass is 16.2. The second-order valence-electron chi connectivity index (χ2n) is 5.04. The largest absolute Gasteiger partial charge is 0.398 e. The number of amides is 1. The van der Waals surface area contributed by atoms with Crippen molar-refractivity contribution in [3.05, 3.63) is 29.3 Å². The number of nitrogens with zero attached hydrogens (tertiary/aromatic N) is 1. The molecule has 1 aliphatic rings. The molecule has 0 aromatic heterocycles. The second kappa shape index (κ2) is 4.78. The molecule has 0 radical (unpaired) electrons. The number of rotatable bonds is 1. The van der Waals surface area contributed by atoms with Crippen LogP contribution < -0.4 is 5.73 Å². The van der Waals surface area contributed by atoms with Crippen LogP contribution in [0.2, 0.25) is 0 Å². The monoisotopic (exact) mass is 232 g/mol. The van der Waals surface area contributed by atoms with Crippen molar-refractivity contribution >= 4 is 11.6 Å². The van der Waals surface area contributed by atoms with Gasteiger partial charge in [-0.05, 0) is 37.3 Å². The number of benzene rings is 1. The summed E-state index contributed by atoms with van der Waals surface area (Å²) in [5, 5.41) is 0. The summed E-state index contributed by atoms with van der Waals surface area (Å²) in [5.41, 5.74) is 8.16. The van der Waals surface area contributed by atoms with Crippen LogP contribution in [-0.4, -0.2) is 23.9 Å². The third-order valence-electron chi connectivity index (χ3n) is 3.46. The first-order valence-corrected chi connectivity index (χ1v) is 6.24. The first kappa shape index (κ1) is 12.0. The van der Waals surface area contributed by atoms with Gasteiger partial charge in [0.15, 0.2) is 0 Å². The number of carbonyl (C=O) groups is 1. The smallest absolute Gasteiger partial charge is 0.256 e. The lowest BCUT2D eigenvalue weighted by Gasteiger charge is -2.31. The second-order valence-corrected chi connectivity index (χ2v) is 5.04. The van der Waals surface area contributed by atoms with Gasteiger partial charge in [0.2, 0.25) is 0 Å². The highest BCUT2D eigenvalue weighted by Crippen LogP contribution is 2.22. The zero-order chi connectivity index (χ0) is 12.4. The van der Waals surface area contributed by atoms with Crippen molar-refractivity contribution < 1.29 is 4.79 Å². The lowest BCUT2D eigenvalue weighted by atomic mass is 9.98. The van der Waals surface area contributed by atoms with Gasteiger partial charge in [0.1, 0.15) is 0 Å². The van der Waals surface area contributed by atoms with E-state index >= 15 is 0 Å². The quantitative estimate of drug-likeness (QED) is 0.756. The molecule has 1 aromatic carbocycles. The number of carbonyl (C=O) groups excluding carboxylic acids is 1. The van der Waals surface area contributed by atoms with Crippen LogP contribution in [0.15, 0.2) is 18.2 Å². The Kier molecular flexibility index (Phi) is 3.36. The SMILES string of the molecule is Cc1cccc(N)c1C(=O)N1CCCC(C)C1. The number of nitrogens with two attached hydrogens (primary N) is 1. The minimum atomic E-state index is 0.0900. The molecule has 17 heavy (non-hydrogen) atoms. The Morgan fingerprint density at radius 2 is 2.24 bits per heavy atom. The highest BCUT2D eigenvalue weighted by molar-refractivity contribution is 6.00. The maximum absolute atomic E-state index is 12.4. The molecule has 1 aliphatic heterocycles. The zero-order valence-electron chi connectivity index (χ0n) is 10.6. The standard InChI is InChI=1S/C14H20N2O/c1-10-5-4-8-16(9-10)14(17)13-11(2)6-3-7-12(13)15/h3,6-7,10H,4-5,8-9,15H2,1-2H3. The van der Waals surface area contributed by atoms with E-state index in [9.17, 15) is 4.79 Å². The molecule has 1 fully saturated rings. The molecule has 2 rings (SSSR count). The van der Waals surface area contributed by atoms with E-state index in [-0.39, 0.29) is 5.91 Å². The fourth-order valence-corrected chi connectivity index (χ4v) is 2.51. The molecule has 3 heteroatoms. The van der Waals surface area contributed by atoms with Crippen LogP contribution in [-0.2, 0) is 0 Å². The first-order valence-electron chi connectivity index (χ1n) is 6.24. The number of piperidine rings is 1. The molecule has 92 valence electrons. The van der Waals surface area contributed by atoms with Gasteiger partial charge in [-0.25, -0.2) is 0 Å². The Bertz CT molecular complexity index is 408. The molecular weight excluding hydrogens is 212 g/mol. The van der Waals surface area contributed by atoms with E-state index in [0.717, 1.165) is 25.1 Å². The summed E-state index contributed by atoms with van der Waals surface area (Å²) in [4.78, 5) is 14.4. The van der Waals surface area contributed by atoms with Gasteiger partial charge >= 0.3 is 0 Å². The van der Waals surface area contributed by atoms with Gasteiger partial charge in [-0.1, -0.05) is 19.1 Å². The predicted octanol–water partition coefficient (Wildman–Crippen LogP) is 2.45.